The van der Waals surface area contributed by atoms with Crippen LogP contribution in [0, 0.1) is 0 Å². The van der Waals surface area contributed by atoms with Crippen molar-refractivity contribution >= 4 is 17.8 Å². The normalized spacial score (nSPS) is 23.8. The van der Waals surface area contributed by atoms with E-state index in [1.165, 1.54) is 0 Å². The standard InChI is InChI=1S/C32H50N2O5/c1-29(2)17-24(18-30(3,4)33(29)9)38-21-27(35)26(16-22-12-14-23(37-11)15-13-22)28(36)39-25-19-31(5,6)34(10)32(7,8)20-25/h12-16,24-25H,17-21H2,1-11H3/b26-16+. The number of hydrogen-bond donors (Lipinski definition) is 0. The van der Waals surface area contributed by atoms with Gasteiger partial charge in [0.25, 0.3) is 0 Å². The molecule has 39 heavy (non-hydrogen) atoms. The minimum Gasteiger partial charge on any atom is -0.497 e. The van der Waals surface area contributed by atoms with Crippen LogP contribution >= 0.6 is 0 Å². The summed E-state index contributed by atoms with van der Waals surface area (Å²) >= 11 is 0. The van der Waals surface area contributed by atoms with Crippen molar-refractivity contribution < 1.29 is 23.8 Å². The smallest absolute Gasteiger partial charge is 0.342 e. The van der Waals surface area contributed by atoms with Crippen LogP contribution in [0.25, 0.3) is 6.08 Å². The van der Waals surface area contributed by atoms with Gasteiger partial charge < -0.3 is 14.2 Å². The number of carbonyl (C=O) groups is 2. The van der Waals surface area contributed by atoms with E-state index in [-0.39, 0.29) is 52.3 Å². The third kappa shape index (κ3) is 7.30. The fourth-order valence-corrected chi connectivity index (χ4v) is 6.37. The first-order valence-electron chi connectivity index (χ1n) is 14.1. The molecule has 2 fully saturated rings. The van der Waals surface area contributed by atoms with E-state index < -0.39 is 5.97 Å². The molecule has 0 amide bonds. The van der Waals surface area contributed by atoms with Crippen molar-refractivity contribution in [2.24, 2.45) is 0 Å². The van der Waals surface area contributed by atoms with Crippen LogP contribution in [0.2, 0.25) is 0 Å². The molecule has 1 aromatic carbocycles. The second kappa shape index (κ2) is 11.3. The van der Waals surface area contributed by atoms with E-state index in [1.807, 2.05) is 12.1 Å². The molecule has 218 valence electrons. The van der Waals surface area contributed by atoms with Crippen LogP contribution in [0.1, 0.15) is 86.6 Å². The van der Waals surface area contributed by atoms with Gasteiger partial charge in [0.2, 0.25) is 0 Å². The van der Waals surface area contributed by atoms with E-state index >= 15 is 0 Å². The Bertz CT molecular complexity index is 1030. The van der Waals surface area contributed by atoms with Crippen molar-refractivity contribution in [1.29, 1.82) is 0 Å². The van der Waals surface area contributed by atoms with E-state index in [9.17, 15) is 9.59 Å². The molecule has 0 aliphatic carbocycles. The third-order valence-electron chi connectivity index (χ3n) is 9.21. The highest BCUT2D eigenvalue weighted by atomic mass is 16.5. The first kappa shape index (κ1) is 31.3. The minimum absolute atomic E-state index is 0.0150. The molecule has 0 bridgehead atoms. The second-order valence-electron chi connectivity index (χ2n) is 13.9. The molecule has 2 heterocycles. The van der Waals surface area contributed by atoms with E-state index in [0.717, 1.165) is 18.4 Å². The van der Waals surface area contributed by atoms with Crippen molar-refractivity contribution in [1.82, 2.24) is 9.80 Å². The Balaban J connectivity index is 1.81. The van der Waals surface area contributed by atoms with Gasteiger partial charge in [0.1, 0.15) is 24.0 Å². The Morgan fingerprint density at radius 2 is 1.23 bits per heavy atom. The number of piperidine rings is 2. The van der Waals surface area contributed by atoms with Gasteiger partial charge in [-0.2, -0.15) is 0 Å². The Morgan fingerprint density at radius 3 is 1.67 bits per heavy atom. The molecule has 0 aromatic heterocycles. The quantitative estimate of drug-likeness (QED) is 0.186. The summed E-state index contributed by atoms with van der Waals surface area (Å²) in [5.74, 6) is -0.254. The molecule has 0 N–H and O–H groups in total. The number of hydrogen-bond acceptors (Lipinski definition) is 7. The molecular formula is C32H50N2O5. The lowest BCUT2D eigenvalue weighted by atomic mass is 9.78. The SMILES string of the molecule is COc1ccc(/C=C(\C(=O)COC2CC(C)(C)N(C)C(C)(C)C2)C(=O)OC2CC(C)(C)N(C)C(C)(C)C2)cc1. The average molecular weight is 543 g/mol. The van der Waals surface area contributed by atoms with Crippen LogP contribution in [0.5, 0.6) is 5.75 Å². The molecule has 2 aliphatic rings. The zero-order valence-corrected chi connectivity index (χ0v) is 26.0. The summed E-state index contributed by atoms with van der Waals surface area (Å²) in [7, 11) is 5.85. The van der Waals surface area contributed by atoms with Gasteiger partial charge in [0.05, 0.1) is 13.2 Å². The van der Waals surface area contributed by atoms with Gasteiger partial charge >= 0.3 is 5.97 Å². The van der Waals surface area contributed by atoms with Crippen LogP contribution in [0.4, 0.5) is 0 Å². The van der Waals surface area contributed by atoms with E-state index in [2.05, 4.69) is 79.3 Å². The van der Waals surface area contributed by atoms with Crippen molar-refractivity contribution in [3.8, 4) is 5.75 Å². The lowest BCUT2D eigenvalue weighted by Gasteiger charge is -2.53. The lowest BCUT2D eigenvalue weighted by molar-refractivity contribution is -0.155. The average Bonchev–Trinajstić information content (AvgIpc) is 2.82. The van der Waals surface area contributed by atoms with Crippen molar-refractivity contribution in [2.75, 3.05) is 27.8 Å². The number of benzene rings is 1. The number of Topliss-reactive ketones (excluding diaryl/α,β-unsaturated/α-hetero) is 1. The highest BCUT2D eigenvalue weighted by molar-refractivity contribution is 6.21. The van der Waals surface area contributed by atoms with E-state index in [0.29, 0.717) is 18.6 Å². The summed E-state index contributed by atoms with van der Waals surface area (Å²) < 4.78 is 17.5. The molecule has 0 unspecified atom stereocenters. The summed E-state index contributed by atoms with van der Waals surface area (Å²) in [5, 5.41) is 0. The van der Waals surface area contributed by atoms with Gasteiger partial charge in [0.15, 0.2) is 5.78 Å². The van der Waals surface area contributed by atoms with Crippen LogP contribution in [-0.4, -0.2) is 83.7 Å². The van der Waals surface area contributed by atoms with Gasteiger partial charge in [-0.15, -0.1) is 0 Å². The molecule has 0 atom stereocenters. The molecular weight excluding hydrogens is 492 g/mol. The number of ether oxygens (including phenoxy) is 3. The topological polar surface area (TPSA) is 68.3 Å². The monoisotopic (exact) mass is 542 g/mol. The van der Waals surface area contributed by atoms with Crippen LogP contribution < -0.4 is 4.74 Å². The zero-order chi connectivity index (χ0) is 29.4. The number of ketones is 1. The molecule has 0 spiro atoms. The van der Waals surface area contributed by atoms with Gasteiger partial charge in [-0.1, -0.05) is 12.1 Å². The third-order valence-corrected chi connectivity index (χ3v) is 9.21. The molecule has 0 radical (unpaired) electrons. The Morgan fingerprint density at radius 1 is 0.795 bits per heavy atom. The molecule has 2 aliphatic heterocycles. The molecule has 3 rings (SSSR count). The number of nitrogens with zero attached hydrogens (tertiary/aromatic N) is 2. The van der Waals surface area contributed by atoms with Gasteiger partial charge in [-0.25, -0.2) is 4.79 Å². The van der Waals surface area contributed by atoms with E-state index in [4.69, 9.17) is 14.2 Å². The maximum Gasteiger partial charge on any atom is 0.342 e. The van der Waals surface area contributed by atoms with Gasteiger partial charge in [-0.05, 0) is 106 Å². The summed E-state index contributed by atoms with van der Waals surface area (Å²) in [5.41, 5.74) is 0.317. The number of rotatable bonds is 8. The second-order valence-corrected chi connectivity index (χ2v) is 13.9. The van der Waals surface area contributed by atoms with Crippen LogP contribution in [0.15, 0.2) is 29.8 Å². The summed E-state index contributed by atoms with van der Waals surface area (Å²) in [6.45, 7) is 17.3. The maximum atomic E-state index is 13.6. The number of methoxy groups -OCH3 is 1. The van der Waals surface area contributed by atoms with Crippen LogP contribution in [0.3, 0.4) is 0 Å². The van der Waals surface area contributed by atoms with E-state index in [1.54, 1.807) is 25.3 Å². The molecule has 0 saturated carbocycles. The number of carbonyl (C=O) groups excluding carboxylic acids is 2. The molecule has 7 nitrogen and oxygen atoms in total. The van der Waals surface area contributed by atoms with Gasteiger partial charge in [-0.3, -0.25) is 14.6 Å². The maximum absolute atomic E-state index is 13.6. The summed E-state index contributed by atoms with van der Waals surface area (Å²) in [6, 6.07) is 7.26. The predicted molar refractivity (Wildman–Crippen MR) is 156 cm³/mol. The summed E-state index contributed by atoms with van der Waals surface area (Å²) in [6.07, 6.45) is 4.24. The Hall–Kier alpha value is -2.22. The zero-order valence-electron chi connectivity index (χ0n) is 26.0. The predicted octanol–water partition coefficient (Wildman–Crippen LogP) is 5.51. The molecule has 1 aromatic rings. The fraction of sp³-hybridized carbons (Fsp3) is 0.688. The van der Waals surface area contributed by atoms with Gasteiger partial charge in [0, 0.05) is 35.0 Å². The summed E-state index contributed by atoms with van der Waals surface area (Å²) in [4.78, 5) is 31.8. The van der Waals surface area contributed by atoms with Crippen LogP contribution in [-0.2, 0) is 19.1 Å². The lowest BCUT2D eigenvalue weighted by Crippen LogP contribution is -2.60. The Kier molecular flexibility index (Phi) is 9.10. The Labute approximate surface area is 235 Å². The van der Waals surface area contributed by atoms with Crippen molar-refractivity contribution in [3.05, 3.63) is 35.4 Å². The number of likely N-dealkylation sites (tertiary alicyclic amines) is 2. The van der Waals surface area contributed by atoms with Crippen molar-refractivity contribution in [2.45, 2.75) is 115 Å². The first-order chi connectivity index (χ1) is 17.9. The van der Waals surface area contributed by atoms with Crippen molar-refractivity contribution in [3.63, 3.8) is 0 Å². The fourth-order valence-electron chi connectivity index (χ4n) is 6.37. The highest BCUT2D eigenvalue weighted by Gasteiger charge is 2.45. The largest absolute Gasteiger partial charge is 0.497 e. The first-order valence-corrected chi connectivity index (χ1v) is 14.1. The number of esters is 1. The highest BCUT2D eigenvalue weighted by Crippen LogP contribution is 2.39. The molecule has 7 heteroatoms. The molecule has 2 saturated heterocycles. The minimum atomic E-state index is -0.593.